The number of pyridine rings is 1. The zero-order valence-corrected chi connectivity index (χ0v) is 22.2. The van der Waals surface area contributed by atoms with E-state index in [0.717, 1.165) is 29.5 Å². The van der Waals surface area contributed by atoms with E-state index >= 15 is 0 Å². The molecule has 2 aromatic carbocycles. The maximum Gasteiger partial charge on any atom is 0.573 e. The van der Waals surface area contributed by atoms with Gasteiger partial charge in [-0.15, -0.1) is 13.2 Å². The lowest BCUT2D eigenvalue weighted by Gasteiger charge is -2.13. The van der Waals surface area contributed by atoms with Crippen molar-refractivity contribution >= 4 is 17.7 Å². The molecule has 0 bridgehead atoms. The zero-order valence-electron chi connectivity index (χ0n) is 22.2. The number of ether oxygens (including phenoxy) is 1. The number of rotatable bonds is 10. The van der Waals surface area contributed by atoms with Crippen molar-refractivity contribution in [2.45, 2.75) is 32.9 Å². The van der Waals surface area contributed by atoms with Gasteiger partial charge >= 0.3 is 12.5 Å². The van der Waals surface area contributed by atoms with Gasteiger partial charge in [0, 0.05) is 35.9 Å². The summed E-state index contributed by atoms with van der Waals surface area (Å²) in [5.74, 6) is -1.52. The number of allylic oxidation sites excluding steroid dienone is 1. The molecular formula is C28H25F7N6O. The summed E-state index contributed by atoms with van der Waals surface area (Å²) >= 11 is 0. The fraction of sp³-hybridized carbons (Fsp3) is 0.179. The number of nitrogens with zero attached hydrogens (tertiary/aromatic N) is 3. The van der Waals surface area contributed by atoms with Crippen molar-refractivity contribution in [3.05, 3.63) is 113 Å². The predicted molar refractivity (Wildman–Crippen MR) is 145 cm³/mol. The van der Waals surface area contributed by atoms with Crippen molar-refractivity contribution in [3.8, 4) is 5.75 Å². The predicted octanol–water partition coefficient (Wildman–Crippen LogP) is 7.05. The molecule has 0 radical (unpaired) electrons. The van der Waals surface area contributed by atoms with E-state index in [4.69, 9.17) is 0 Å². The third-order valence-corrected chi connectivity index (χ3v) is 5.20. The summed E-state index contributed by atoms with van der Waals surface area (Å²) in [7, 11) is 0. The van der Waals surface area contributed by atoms with Gasteiger partial charge in [0.1, 0.15) is 23.2 Å². The molecule has 0 saturated heterocycles. The Balaban J connectivity index is 1.78. The van der Waals surface area contributed by atoms with Crippen LogP contribution in [0.15, 0.2) is 95.1 Å². The van der Waals surface area contributed by atoms with Gasteiger partial charge < -0.3 is 15.4 Å². The highest BCUT2D eigenvalue weighted by Crippen LogP contribution is 2.33. The van der Waals surface area contributed by atoms with E-state index in [9.17, 15) is 30.7 Å². The molecule has 14 heteroatoms. The summed E-state index contributed by atoms with van der Waals surface area (Å²) in [6.07, 6.45) is -5.31. The van der Waals surface area contributed by atoms with Gasteiger partial charge in [-0.05, 0) is 73.5 Å². The third kappa shape index (κ3) is 10.6. The summed E-state index contributed by atoms with van der Waals surface area (Å²) in [4.78, 5) is 8.52. The van der Waals surface area contributed by atoms with Crippen molar-refractivity contribution in [1.82, 2.24) is 15.7 Å². The van der Waals surface area contributed by atoms with E-state index in [-0.39, 0.29) is 17.3 Å². The number of halogens is 7. The summed E-state index contributed by atoms with van der Waals surface area (Å²) in [6.45, 7) is 7.56. The summed E-state index contributed by atoms with van der Waals surface area (Å²) in [5.41, 5.74) is 3.64. The lowest BCUT2D eigenvalue weighted by atomic mass is 10.1. The Morgan fingerprint density at radius 1 is 1.02 bits per heavy atom. The number of aromatic nitrogens is 1. The average Bonchev–Trinajstić information content (AvgIpc) is 2.89. The smallest absolute Gasteiger partial charge is 0.406 e. The molecule has 1 aromatic heterocycles. The van der Waals surface area contributed by atoms with Gasteiger partial charge in [-0.25, -0.2) is 9.38 Å². The summed E-state index contributed by atoms with van der Waals surface area (Å²) in [5, 5.41) is 9.76. The molecule has 7 nitrogen and oxygen atoms in total. The monoisotopic (exact) mass is 594 g/mol. The van der Waals surface area contributed by atoms with Crippen molar-refractivity contribution < 1.29 is 35.5 Å². The van der Waals surface area contributed by atoms with Gasteiger partial charge in [0.15, 0.2) is 0 Å². The molecule has 0 aliphatic carbocycles. The zero-order chi connectivity index (χ0) is 30.9. The Morgan fingerprint density at radius 2 is 1.74 bits per heavy atom. The van der Waals surface area contributed by atoms with E-state index in [1.165, 1.54) is 31.3 Å². The number of hydrazone groups is 1. The molecule has 3 aromatic rings. The number of nitrogens with one attached hydrogen (secondary N) is 3. The molecule has 222 valence electrons. The molecule has 3 N–H and O–H groups in total. The van der Waals surface area contributed by atoms with Crippen LogP contribution in [-0.2, 0) is 12.7 Å². The standard InChI is InChI=1S/C28H25F7N6O/c1-17-4-5-21(14-36-17)15-37-19(3)40-26(41-38-16-20-6-9-23(10-7-20)42-28(33,34)35)12-18(2)39-22-8-11-25(29)24(13-22)27(30,31)32/h4-14,16,37,39H,3,15H2,1-2H3,(H,40,41)/b18-12+,38-16+. The van der Waals surface area contributed by atoms with Gasteiger partial charge in [0.05, 0.1) is 11.8 Å². The van der Waals surface area contributed by atoms with Crippen molar-refractivity contribution in [1.29, 1.82) is 0 Å². The first-order valence-corrected chi connectivity index (χ1v) is 12.1. The molecule has 0 spiro atoms. The fourth-order valence-corrected chi connectivity index (χ4v) is 3.30. The van der Waals surface area contributed by atoms with Crippen LogP contribution in [0.3, 0.4) is 0 Å². The third-order valence-electron chi connectivity index (χ3n) is 5.20. The molecule has 0 unspecified atom stereocenters. The minimum absolute atomic E-state index is 0.0229. The first-order chi connectivity index (χ1) is 19.7. The molecule has 3 rings (SSSR count). The number of amidine groups is 1. The van der Waals surface area contributed by atoms with E-state index < -0.39 is 29.7 Å². The topological polar surface area (TPSA) is 82.9 Å². The molecule has 0 atom stereocenters. The van der Waals surface area contributed by atoms with Crippen LogP contribution >= 0.6 is 0 Å². The maximum absolute atomic E-state index is 13.7. The van der Waals surface area contributed by atoms with Gasteiger partial charge in [0.2, 0.25) is 0 Å². The Bertz CT molecular complexity index is 1460. The molecule has 0 aliphatic rings. The van der Waals surface area contributed by atoms with Crippen molar-refractivity contribution in [2.75, 3.05) is 5.32 Å². The van der Waals surface area contributed by atoms with Crippen LogP contribution in [-0.4, -0.2) is 23.4 Å². The highest BCUT2D eigenvalue weighted by molar-refractivity contribution is 5.95. The SMILES string of the molecule is C=C(/N=C(\C=C(/C)Nc1ccc(F)c(C(F)(F)F)c1)N/N=C/c1ccc(OC(F)(F)F)cc1)NCc1ccc(C)nc1. The Hall–Kier alpha value is -4.88. The largest absolute Gasteiger partial charge is 0.573 e. The summed E-state index contributed by atoms with van der Waals surface area (Å²) < 4.78 is 93.9. The maximum atomic E-state index is 13.7. The van der Waals surface area contributed by atoms with Crippen LogP contribution in [0.25, 0.3) is 0 Å². The van der Waals surface area contributed by atoms with Crippen molar-refractivity contribution in [3.63, 3.8) is 0 Å². The number of aryl methyl sites for hydroxylation is 1. The van der Waals surface area contributed by atoms with Crippen molar-refractivity contribution in [2.24, 2.45) is 10.1 Å². The molecule has 42 heavy (non-hydrogen) atoms. The van der Waals surface area contributed by atoms with E-state index in [2.05, 4.69) is 42.5 Å². The van der Waals surface area contributed by atoms with Gasteiger partial charge in [0.25, 0.3) is 0 Å². The van der Waals surface area contributed by atoms with E-state index in [1.807, 2.05) is 19.1 Å². The average molecular weight is 595 g/mol. The number of anilines is 1. The molecular weight excluding hydrogens is 569 g/mol. The second-order valence-corrected chi connectivity index (χ2v) is 8.74. The highest BCUT2D eigenvalue weighted by Gasteiger charge is 2.34. The van der Waals surface area contributed by atoms with Crippen LogP contribution < -0.4 is 20.8 Å². The van der Waals surface area contributed by atoms with Crippen LogP contribution in [0, 0.1) is 12.7 Å². The van der Waals surface area contributed by atoms with E-state index in [0.29, 0.717) is 29.9 Å². The van der Waals surface area contributed by atoms with Crippen LogP contribution in [0.1, 0.15) is 29.3 Å². The number of benzene rings is 2. The van der Waals surface area contributed by atoms with Crippen LogP contribution in [0.5, 0.6) is 5.75 Å². The highest BCUT2D eigenvalue weighted by atomic mass is 19.4. The Labute approximate surface area is 236 Å². The second-order valence-electron chi connectivity index (χ2n) is 8.74. The fourth-order valence-electron chi connectivity index (χ4n) is 3.30. The van der Waals surface area contributed by atoms with Gasteiger partial charge in [-0.3, -0.25) is 10.4 Å². The minimum Gasteiger partial charge on any atom is -0.406 e. The molecule has 0 saturated carbocycles. The number of alkyl halides is 6. The Morgan fingerprint density at radius 3 is 2.36 bits per heavy atom. The molecule has 1 heterocycles. The summed E-state index contributed by atoms with van der Waals surface area (Å²) in [6, 6.07) is 11.1. The van der Waals surface area contributed by atoms with Gasteiger partial charge in [-0.1, -0.05) is 12.6 Å². The molecule has 0 fully saturated rings. The second kappa shape index (κ2) is 13.7. The number of hydrogen-bond acceptors (Lipinski definition) is 6. The lowest BCUT2D eigenvalue weighted by Crippen LogP contribution is -2.20. The first-order valence-electron chi connectivity index (χ1n) is 12.1. The van der Waals surface area contributed by atoms with Gasteiger partial charge in [-0.2, -0.15) is 18.3 Å². The molecule has 0 aliphatic heterocycles. The number of hydrogen-bond donors (Lipinski definition) is 3. The molecule has 0 amide bonds. The number of aliphatic imine (C=N–C) groups is 1. The minimum atomic E-state index is -4.88. The quantitative estimate of drug-likeness (QED) is 0.102. The normalized spacial score (nSPS) is 12.8. The Kier molecular flexibility index (Phi) is 10.3. The van der Waals surface area contributed by atoms with E-state index in [1.54, 1.807) is 6.20 Å². The first kappa shape index (κ1) is 31.6. The van der Waals surface area contributed by atoms with Crippen LogP contribution in [0.4, 0.5) is 36.4 Å². The lowest BCUT2D eigenvalue weighted by molar-refractivity contribution is -0.274. The van der Waals surface area contributed by atoms with Crippen LogP contribution in [0.2, 0.25) is 0 Å².